The number of piperidine rings is 1. The minimum Gasteiger partial charge on any atom is -0.375 e. The first-order valence-electron chi connectivity index (χ1n) is 8.59. The first-order valence-corrected chi connectivity index (χ1v) is 8.59. The Labute approximate surface area is 132 Å². The summed E-state index contributed by atoms with van der Waals surface area (Å²) < 4.78 is 6.28. The lowest BCUT2D eigenvalue weighted by Crippen LogP contribution is -2.39. The molecule has 3 rings (SSSR count). The highest BCUT2D eigenvalue weighted by molar-refractivity contribution is 5.76. The first kappa shape index (κ1) is 15.5. The van der Waals surface area contributed by atoms with Crippen molar-refractivity contribution in [1.29, 1.82) is 0 Å². The van der Waals surface area contributed by atoms with E-state index in [9.17, 15) is 4.79 Å². The molecular formula is C18H26N2O2. The summed E-state index contributed by atoms with van der Waals surface area (Å²) in [6, 6.07) is 3.83. The lowest BCUT2D eigenvalue weighted by atomic mass is 9.97. The quantitative estimate of drug-likeness (QED) is 0.798. The number of nitrogens with zero attached hydrogens (tertiary/aromatic N) is 2. The van der Waals surface area contributed by atoms with E-state index in [0.29, 0.717) is 17.8 Å². The van der Waals surface area contributed by atoms with Crippen LogP contribution in [0.2, 0.25) is 0 Å². The van der Waals surface area contributed by atoms with E-state index >= 15 is 0 Å². The summed E-state index contributed by atoms with van der Waals surface area (Å²) in [5.41, 5.74) is 1.49. The molecule has 2 aliphatic rings. The van der Waals surface area contributed by atoms with Crippen molar-refractivity contribution in [2.24, 2.45) is 0 Å². The molecule has 2 fully saturated rings. The van der Waals surface area contributed by atoms with E-state index in [2.05, 4.69) is 9.88 Å². The SMILES string of the molecule is Cc1nc(N2CCC(OC3CCCCC3)CC2)ccc1C=O. The molecule has 1 saturated heterocycles. The Morgan fingerprint density at radius 3 is 2.41 bits per heavy atom. The van der Waals surface area contributed by atoms with Gasteiger partial charge in [-0.15, -0.1) is 0 Å². The Balaban J connectivity index is 1.52. The zero-order valence-corrected chi connectivity index (χ0v) is 13.5. The van der Waals surface area contributed by atoms with E-state index in [1.54, 1.807) is 0 Å². The van der Waals surface area contributed by atoms with Crippen molar-refractivity contribution in [2.45, 2.75) is 64.1 Å². The number of aryl methyl sites for hydroxylation is 1. The summed E-state index contributed by atoms with van der Waals surface area (Å²) in [4.78, 5) is 17.7. The Morgan fingerprint density at radius 1 is 1.09 bits per heavy atom. The van der Waals surface area contributed by atoms with Crippen LogP contribution < -0.4 is 4.90 Å². The van der Waals surface area contributed by atoms with Crippen molar-refractivity contribution in [3.05, 3.63) is 23.4 Å². The highest BCUT2D eigenvalue weighted by Gasteiger charge is 2.24. The van der Waals surface area contributed by atoms with Crippen molar-refractivity contribution in [3.63, 3.8) is 0 Å². The summed E-state index contributed by atoms with van der Waals surface area (Å²) in [7, 11) is 0. The molecule has 0 bridgehead atoms. The number of rotatable bonds is 4. The predicted octanol–water partition coefficient (Wildman–Crippen LogP) is 3.52. The third-order valence-corrected chi connectivity index (χ3v) is 4.94. The Kier molecular flexibility index (Phi) is 5.08. The Morgan fingerprint density at radius 2 is 1.77 bits per heavy atom. The second-order valence-corrected chi connectivity index (χ2v) is 6.54. The van der Waals surface area contributed by atoms with Gasteiger partial charge < -0.3 is 9.64 Å². The van der Waals surface area contributed by atoms with Gasteiger partial charge in [-0.2, -0.15) is 0 Å². The number of hydrogen-bond donors (Lipinski definition) is 0. The third kappa shape index (κ3) is 3.67. The molecule has 120 valence electrons. The van der Waals surface area contributed by atoms with Crippen LogP contribution in [0.15, 0.2) is 12.1 Å². The van der Waals surface area contributed by atoms with Crippen LogP contribution in [0.1, 0.15) is 61.0 Å². The number of pyridine rings is 1. The van der Waals surface area contributed by atoms with Gasteiger partial charge in [-0.05, 0) is 44.7 Å². The monoisotopic (exact) mass is 302 g/mol. The molecule has 1 saturated carbocycles. The zero-order valence-electron chi connectivity index (χ0n) is 13.5. The van der Waals surface area contributed by atoms with E-state index in [-0.39, 0.29) is 0 Å². The normalized spacial score (nSPS) is 21.0. The minimum absolute atomic E-state index is 0.412. The van der Waals surface area contributed by atoms with Crippen LogP contribution in [-0.2, 0) is 4.74 Å². The van der Waals surface area contributed by atoms with Crippen molar-refractivity contribution in [2.75, 3.05) is 18.0 Å². The van der Waals surface area contributed by atoms with Crippen molar-refractivity contribution >= 4 is 12.1 Å². The van der Waals surface area contributed by atoms with Gasteiger partial charge in [0, 0.05) is 18.7 Å². The van der Waals surface area contributed by atoms with E-state index in [4.69, 9.17) is 4.74 Å². The molecule has 0 atom stereocenters. The number of aldehydes is 1. The third-order valence-electron chi connectivity index (χ3n) is 4.94. The van der Waals surface area contributed by atoms with Crippen molar-refractivity contribution < 1.29 is 9.53 Å². The van der Waals surface area contributed by atoms with Crippen LogP contribution in [0.25, 0.3) is 0 Å². The largest absolute Gasteiger partial charge is 0.375 e. The minimum atomic E-state index is 0.412. The molecule has 1 aromatic rings. The molecule has 0 spiro atoms. The van der Waals surface area contributed by atoms with Gasteiger partial charge in [-0.3, -0.25) is 4.79 Å². The first-order chi connectivity index (χ1) is 10.8. The van der Waals surface area contributed by atoms with Crippen molar-refractivity contribution in [3.8, 4) is 0 Å². The van der Waals surface area contributed by atoms with Crippen LogP contribution in [0.4, 0.5) is 5.82 Å². The lowest BCUT2D eigenvalue weighted by Gasteiger charge is -2.35. The molecular weight excluding hydrogens is 276 g/mol. The molecule has 1 aliphatic carbocycles. The van der Waals surface area contributed by atoms with Gasteiger partial charge in [0.05, 0.1) is 17.9 Å². The molecule has 1 aromatic heterocycles. The molecule has 1 aliphatic heterocycles. The summed E-state index contributed by atoms with van der Waals surface area (Å²) in [6.45, 7) is 3.88. The van der Waals surface area contributed by atoms with Gasteiger partial charge >= 0.3 is 0 Å². The van der Waals surface area contributed by atoms with Gasteiger partial charge in [0.1, 0.15) is 5.82 Å². The molecule has 4 heteroatoms. The number of hydrogen-bond acceptors (Lipinski definition) is 4. The summed E-state index contributed by atoms with van der Waals surface area (Å²) in [5, 5.41) is 0. The standard InChI is InChI=1S/C18H26N2O2/c1-14-15(13-21)7-8-18(19-14)20-11-9-17(10-12-20)22-16-5-3-2-4-6-16/h7-8,13,16-17H,2-6,9-12H2,1H3. The fraction of sp³-hybridized carbons (Fsp3) is 0.667. The highest BCUT2D eigenvalue weighted by Crippen LogP contribution is 2.26. The van der Waals surface area contributed by atoms with Gasteiger partial charge in [-0.1, -0.05) is 19.3 Å². The Bertz CT molecular complexity index is 504. The van der Waals surface area contributed by atoms with E-state index in [0.717, 1.165) is 43.7 Å². The summed E-state index contributed by atoms with van der Waals surface area (Å²) >= 11 is 0. The van der Waals surface area contributed by atoms with E-state index in [1.807, 2.05) is 19.1 Å². The maximum absolute atomic E-state index is 10.9. The molecule has 2 heterocycles. The lowest BCUT2D eigenvalue weighted by molar-refractivity contribution is -0.0395. The van der Waals surface area contributed by atoms with Crippen LogP contribution >= 0.6 is 0 Å². The van der Waals surface area contributed by atoms with Crippen LogP contribution in [-0.4, -0.2) is 36.6 Å². The maximum atomic E-state index is 10.9. The van der Waals surface area contributed by atoms with E-state index in [1.165, 1.54) is 32.1 Å². The molecule has 0 radical (unpaired) electrons. The topological polar surface area (TPSA) is 42.4 Å². The molecule has 0 N–H and O–H groups in total. The number of aromatic nitrogens is 1. The molecule has 0 amide bonds. The van der Waals surface area contributed by atoms with E-state index < -0.39 is 0 Å². The van der Waals surface area contributed by atoms with Gasteiger partial charge in [0.25, 0.3) is 0 Å². The summed E-state index contributed by atoms with van der Waals surface area (Å²) in [5.74, 6) is 0.985. The molecule has 0 aromatic carbocycles. The van der Waals surface area contributed by atoms with Crippen LogP contribution in [0.5, 0.6) is 0 Å². The average Bonchev–Trinajstić information content (AvgIpc) is 2.56. The van der Waals surface area contributed by atoms with Gasteiger partial charge in [-0.25, -0.2) is 4.98 Å². The maximum Gasteiger partial charge on any atom is 0.151 e. The van der Waals surface area contributed by atoms with Crippen molar-refractivity contribution in [1.82, 2.24) is 4.98 Å². The second kappa shape index (κ2) is 7.23. The zero-order chi connectivity index (χ0) is 15.4. The molecule has 0 unspecified atom stereocenters. The number of anilines is 1. The number of ether oxygens (including phenoxy) is 1. The molecule has 22 heavy (non-hydrogen) atoms. The van der Waals surface area contributed by atoms with Crippen LogP contribution in [0, 0.1) is 6.92 Å². The smallest absolute Gasteiger partial charge is 0.151 e. The van der Waals surface area contributed by atoms with Gasteiger partial charge in [0.2, 0.25) is 0 Å². The van der Waals surface area contributed by atoms with Gasteiger partial charge in [0.15, 0.2) is 6.29 Å². The fourth-order valence-corrected chi connectivity index (χ4v) is 3.55. The Hall–Kier alpha value is -1.42. The van der Waals surface area contributed by atoms with Crippen LogP contribution in [0.3, 0.4) is 0 Å². The predicted molar refractivity (Wildman–Crippen MR) is 87.6 cm³/mol. The number of carbonyl (C=O) groups excluding carboxylic acids is 1. The highest BCUT2D eigenvalue weighted by atomic mass is 16.5. The second-order valence-electron chi connectivity index (χ2n) is 6.54. The summed E-state index contributed by atoms with van der Waals surface area (Å²) in [6.07, 6.45) is 10.5. The molecule has 4 nitrogen and oxygen atoms in total. The number of carbonyl (C=O) groups is 1. The average molecular weight is 302 g/mol. The fourth-order valence-electron chi connectivity index (χ4n) is 3.55.